The van der Waals surface area contributed by atoms with E-state index in [4.69, 9.17) is 9.52 Å². The third-order valence-electron chi connectivity index (χ3n) is 2.06. The van der Waals surface area contributed by atoms with Crippen LogP contribution >= 0.6 is 15.9 Å². The van der Waals surface area contributed by atoms with E-state index in [0.717, 1.165) is 7.11 Å². The Morgan fingerprint density at radius 1 is 1.56 bits per heavy atom. The lowest BCUT2D eigenvalue weighted by molar-refractivity contribution is -0.147. The van der Waals surface area contributed by atoms with Crippen LogP contribution in [-0.2, 0) is 14.3 Å². The first-order chi connectivity index (χ1) is 8.45. The number of carboxylic acids is 1. The van der Waals surface area contributed by atoms with Crippen LogP contribution in [0.2, 0.25) is 0 Å². The van der Waals surface area contributed by atoms with Gasteiger partial charge in [-0.1, -0.05) is 0 Å². The summed E-state index contributed by atoms with van der Waals surface area (Å²) in [6, 6.07) is 0.0166. The number of amides is 1. The van der Waals surface area contributed by atoms with E-state index in [2.05, 4.69) is 26.0 Å². The summed E-state index contributed by atoms with van der Waals surface area (Å²) in [5.74, 6) is -2.71. The normalized spacial score (nSPS) is 11.7. The Kier molecular flexibility index (Phi) is 4.90. The van der Waals surface area contributed by atoms with Crippen LogP contribution in [0.3, 0.4) is 0 Å². The fourth-order valence-electron chi connectivity index (χ4n) is 1.14. The van der Waals surface area contributed by atoms with E-state index in [1.165, 1.54) is 12.3 Å². The minimum Gasteiger partial charge on any atom is -0.480 e. The number of aliphatic carboxylic acids is 1. The highest BCUT2D eigenvalue weighted by atomic mass is 79.9. The van der Waals surface area contributed by atoms with Crippen molar-refractivity contribution in [3.63, 3.8) is 0 Å². The number of methoxy groups -OCH3 is 1. The topological polar surface area (TPSA) is 106 Å². The van der Waals surface area contributed by atoms with Crippen molar-refractivity contribution in [2.45, 2.75) is 12.5 Å². The van der Waals surface area contributed by atoms with Gasteiger partial charge >= 0.3 is 11.9 Å². The summed E-state index contributed by atoms with van der Waals surface area (Å²) < 4.78 is 9.37. The molecule has 0 aliphatic heterocycles. The third kappa shape index (κ3) is 3.59. The number of carbonyl (C=O) groups excluding carboxylic acids is 2. The Labute approximate surface area is 110 Å². The number of ether oxygens (including phenoxy) is 1. The minimum atomic E-state index is -1.35. The molecule has 0 fully saturated rings. The van der Waals surface area contributed by atoms with Crippen molar-refractivity contribution in [2.75, 3.05) is 7.11 Å². The molecule has 0 aliphatic rings. The van der Waals surface area contributed by atoms with Gasteiger partial charge in [-0.05, 0) is 22.0 Å². The molecule has 0 unspecified atom stereocenters. The Hall–Kier alpha value is -1.83. The summed E-state index contributed by atoms with van der Waals surface area (Å²) in [5.41, 5.74) is 0.145. The van der Waals surface area contributed by atoms with Crippen molar-refractivity contribution in [3.8, 4) is 0 Å². The molecule has 8 heteroatoms. The van der Waals surface area contributed by atoms with Gasteiger partial charge in [0.2, 0.25) is 0 Å². The van der Waals surface area contributed by atoms with E-state index in [1.54, 1.807) is 0 Å². The second-order valence-electron chi connectivity index (χ2n) is 3.25. The summed E-state index contributed by atoms with van der Waals surface area (Å²) in [5, 5.41) is 11.1. The number of hydrogen-bond donors (Lipinski definition) is 2. The molecule has 0 saturated heterocycles. The summed E-state index contributed by atoms with van der Waals surface area (Å²) in [6.45, 7) is 0. The van der Waals surface area contributed by atoms with Crippen molar-refractivity contribution in [1.82, 2.24) is 5.32 Å². The molecule has 0 aromatic carbocycles. The van der Waals surface area contributed by atoms with E-state index in [1.807, 2.05) is 0 Å². The van der Waals surface area contributed by atoms with E-state index in [0.29, 0.717) is 0 Å². The molecule has 1 atom stereocenters. The van der Waals surface area contributed by atoms with Gasteiger partial charge < -0.3 is 19.6 Å². The third-order valence-corrected chi connectivity index (χ3v) is 2.68. The second kappa shape index (κ2) is 6.20. The molecule has 1 heterocycles. The molecule has 0 aliphatic carbocycles. The first-order valence-corrected chi connectivity index (χ1v) is 5.58. The van der Waals surface area contributed by atoms with Crippen LogP contribution in [0.4, 0.5) is 0 Å². The highest BCUT2D eigenvalue weighted by molar-refractivity contribution is 9.10. The van der Waals surface area contributed by atoms with E-state index < -0.39 is 30.3 Å². The summed E-state index contributed by atoms with van der Waals surface area (Å²) in [4.78, 5) is 33.6. The minimum absolute atomic E-state index is 0.145. The summed E-state index contributed by atoms with van der Waals surface area (Å²) in [7, 11) is 1.13. The Bertz CT molecular complexity index is 469. The summed E-state index contributed by atoms with van der Waals surface area (Å²) >= 11 is 2.99. The zero-order chi connectivity index (χ0) is 13.7. The standard InChI is InChI=1S/C10H10BrNO6/c1-17-7(13)4-6(10(15)16)12-9(14)5-2-3-18-8(5)11/h2-3,6H,4H2,1H3,(H,12,14)(H,15,16)/t6-/m0/s1. The molecule has 0 radical (unpaired) electrons. The lowest BCUT2D eigenvalue weighted by atomic mass is 10.2. The van der Waals surface area contributed by atoms with Crippen LogP contribution in [0.15, 0.2) is 21.4 Å². The molecule has 0 spiro atoms. The molecule has 7 nitrogen and oxygen atoms in total. The van der Waals surface area contributed by atoms with Crippen molar-refractivity contribution < 1.29 is 28.6 Å². The molecule has 1 aromatic rings. The number of halogens is 1. The predicted molar refractivity (Wildman–Crippen MR) is 61.9 cm³/mol. The van der Waals surface area contributed by atoms with Crippen LogP contribution in [-0.4, -0.2) is 36.1 Å². The highest BCUT2D eigenvalue weighted by Gasteiger charge is 2.25. The Morgan fingerprint density at radius 2 is 2.22 bits per heavy atom. The number of furan rings is 1. The van der Waals surface area contributed by atoms with Crippen LogP contribution in [0.1, 0.15) is 16.8 Å². The van der Waals surface area contributed by atoms with Crippen molar-refractivity contribution >= 4 is 33.8 Å². The number of carboxylic acid groups (broad SMARTS) is 1. The van der Waals surface area contributed by atoms with Gasteiger partial charge in [0.1, 0.15) is 6.04 Å². The van der Waals surface area contributed by atoms with Crippen LogP contribution in [0.25, 0.3) is 0 Å². The maximum atomic E-state index is 11.7. The summed E-state index contributed by atoms with van der Waals surface area (Å²) in [6.07, 6.45) is 0.822. The number of rotatable bonds is 5. The molecule has 1 aromatic heterocycles. The lowest BCUT2D eigenvalue weighted by Gasteiger charge is -2.12. The van der Waals surface area contributed by atoms with E-state index >= 15 is 0 Å². The van der Waals surface area contributed by atoms with Crippen molar-refractivity contribution in [2.24, 2.45) is 0 Å². The maximum Gasteiger partial charge on any atom is 0.326 e. The zero-order valence-electron chi connectivity index (χ0n) is 9.31. The van der Waals surface area contributed by atoms with Gasteiger partial charge in [-0.25, -0.2) is 4.79 Å². The molecular formula is C10H10BrNO6. The van der Waals surface area contributed by atoms with Gasteiger partial charge in [-0.2, -0.15) is 0 Å². The van der Waals surface area contributed by atoms with Gasteiger partial charge in [-0.3, -0.25) is 9.59 Å². The first-order valence-electron chi connectivity index (χ1n) is 4.79. The SMILES string of the molecule is COC(=O)C[C@H](NC(=O)c1ccoc1Br)C(=O)O. The Balaban J connectivity index is 2.73. The molecule has 2 N–H and O–H groups in total. The molecular weight excluding hydrogens is 310 g/mol. The van der Waals surface area contributed by atoms with Gasteiger partial charge in [0.05, 0.1) is 25.4 Å². The fourth-order valence-corrected chi connectivity index (χ4v) is 1.56. The van der Waals surface area contributed by atoms with E-state index in [-0.39, 0.29) is 10.2 Å². The predicted octanol–water partition coefficient (Wildman–Crippen LogP) is 0.788. The monoisotopic (exact) mass is 319 g/mol. The van der Waals surface area contributed by atoms with Crippen molar-refractivity contribution in [1.29, 1.82) is 0 Å². The first kappa shape index (κ1) is 14.2. The van der Waals surface area contributed by atoms with Gasteiger partial charge in [0, 0.05) is 0 Å². The largest absolute Gasteiger partial charge is 0.480 e. The van der Waals surface area contributed by atoms with Crippen molar-refractivity contribution in [3.05, 3.63) is 22.6 Å². The average molecular weight is 320 g/mol. The zero-order valence-corrected chi connectivity index (χ0v) is 10.9. The Morgan fingerprint density at radius 3 is 2.67 bits per heavy atom. The molecule has 98 valence electrons. The number of carbonyl (C=O) groups is 3. The molecule has 18 heavy (non-hydrogen) atoms. The number of nitrogens with one attached hydrogen (secondary N) is 1. The number of esters is 1. The van der Waals surface area contributed by atoms with Crippen LogP contribution in [0.5, 0.6) is 0 Å². The van der Waals surface area contributed by atoms with Crippen LogP contribution in [0, 0.1) is 0 Å². The lowest BCUT2D eigenvalue weighted by Crippen LogP contribution is -2.42. The second-order valence-corrected chi connectivity index (χ2v) is 3.97. The molecule has 0 bridgehead atoms. The van der Waals surface area contributed by atoms with E-state index in [9.17, 15) is 14.4 Å². The molecule has 0 saturated carbocycles. The highest BCUT2D eigenvalue weighted by Crippen LogP contribution is 2.17. The quantitative estimate of drug-likeness (QED) is 0.777. The smallest absolute Gasteiger partial charge is 0.326 e. The van der Waals surface area contributed by atoms with Gasteiger partial charge in [0.15, 0.2) is 4.67 Å². The average Bonchev–Trinajstić information content (AvgIpc) is 2.74. The molecule has 1 amide bonds. The molecule has 1 rings (SSSR count). The van der Waals surface area contributed by atoms with Gasteiger partial charge in [0.25, 0.3) is 5.91 Å². The fraction of sp³-hybridized carbons (Fsp3) is 0.300. The maximum absolute atomic E-state index is 11.7. The number of hydrogen-bond acceptors (Lipinski definition) is 5. The van der Waals surface area contributed by atoms with Gasteiger partial charge in [-0.15, -0.1) is 0 Å². The van der Waals surface area contributed by atoms with Crippen LogP contribution < -0.4 is 5.32 Å².